The number of imidazole rings is 1. The molecule has 3 rings (SSSR count). The zero-order valence-corrected chi connectivity index (χ0v) is 12.3. The minimum absolute atomic E-state index is 0.0307. The van der Waals surface area contributed by atoms with Crippen molar-refractivity contribution in [1.82, 2.24) is 25.0 Å². The number of ether oxygens (including phenoxy) is 1. The molecular weight excluding hydrogens is 335 g/mol. The molecule has 1 saturated heterocycles. The number of hydrogen-bond donors (Lipinski definition) is 5. The van der Waals surface area contributed by atoms with Gasteiger partial charge in [-0.3, -0.25) is 9.09 Å². The van der Waals surface area contributed by atoms with Crippen LogP contribution < -0.4 is 5.73 Å². The molecule has 2 aromatic heterocycles. The van der Waals surface area contributed by atoms with Crippen molar-refractivity contribution < 1.29 is 33.8 Å². The fourth-order valence-corrected chi connectivity index (χ4v) is 2.59. The van der Waals surface area contributed by atoms with Crippen molar-refractivity contribution in [3.05, 3.63) is 6.33 Å². The van der Waals surface area contributed by atoms with E-state index in [1.807, 2.05) is 0 Å². The quantitative estimate of drug-likeness (QED) is 0.365. The maximum Gasteiger partial charge on any atom is 0.469 e. The summed E-state index contributed by atoms with van der Waals surface area (Å²) in [4.78, 5) is 21.4. The van der Waals surface area contributed by atoms with E-state index in [0.29, 0.717) is 0 Å². The highest BCUT2D eigenvalue weighted by Gasteiger charge is 2.45. The lowest BCUT2D eigenvalue weighted by molar-refractivity contribution is -0.0504. The van der Waals surface area contributed by atoms with Gasteiger partial charge in [-0.05, 0) is 5.21 Å². The molecule has 0 unspecified atom stereocenters. The number of nitrogen functional groups attached to an aromatic ring is 1. The second kappa shape index (κ2) is 5.72. The topological polar surface area (TPSA) is 199 Å². The third-order valence-electron chi connectivity index (χ3n) is 3.32. The van der Waals surface area contributed by atoms with E-state index in [0.717, 1.165) is 0 Å². The Morgan fingerprint density at radius 1 is 1.35 bits per heavy atom. The molecule has 0 aliphatic carbocycles. The molecule has 0 spiro atoms. The lowest BCUT2D eigenvalue weighted by Gasteiger charge is -2.16. The molecule has 3 heterocycles. The number of aromatic nitrogens is 5. The molecule has 4 atom stereocenters. The first-order chi connectivity index (χ1) is 10.8. The average molecular weight is 348 g/mol. The Balaban J connectivity index is 1.85. The summed E-state index contributed by atoms with van der Waals surface area (Å²) in [6, 6.07) is 0. The highest BCUT2D eigenvalue weighted by molar-refractivity contribution is 7.46. The van der Waals surface area contributed by atoms with E-state index < -0.39 is 39.0 Å². The third kappa shape index (κ3) is 3.03. The van der Waals surface area contributed by atoms with Gasteiger partial charge in [-0.1, -0.05) is 0 Å². The summed E-state index contributed by atoms with van der Waals surface area (Å²) in [5.41, 5.74) is 6.01. The summed E-state index contributed by atoms with van der Waals surface area (Å²) in [6.07, 6.45) is -3.85. The summed E-state index contributed by atoms with van der Waals surface area (Å²) in [5, 5.41) is 30.7. The number of rotatable bonds is 4. The van der Waals surface area contributed by atoms with Crippen LogP contribution in [0.5, 0.6) is 0 Å². The molecule has 2 aromatic rings. The highest BCUT2D eigenvalue weighted by atomic mass is 31.2. The Kier molecular flexibility index (Phi) is 4.01. The van der Waals surface area contributed by atoms with Crippen molar-refractivity contribution in [3.8, 4) is 0 Å². The molecule has 23 heavy (non-hydrogen) atoms. The molecule has 1 aliphatic heterocycles. The van der Waals surface area contributed by atoms with Gasteiger partial charge in [0, 0.05) is 0 Å². The lowest BCUT2D eigenvalue weighted by Crippen LogP contribution is -2.33. The van der Waals surface area contributed by atoms with Crippen LogP contribution in [0.4, 0.5) is 5.82 Å². The van der Waals surface area contributed by atoms with Crippen LogP contribution >= 0.6 is 7.82 Å². The maximum atomic E-state index is 10.7. The number of nitrogens with two attached hydrogens (primary N) is 1. The second-order valence-corrected chi connectivity index (χ2v) is 6.07. The van der Waals surface area contributed by atoms with E-state index in [1.165, 1.54) is 10.9 Å². The van der Waals surface area contributed by atoms with Gasteiger partial charge in [0.05, 0.1) is 12.9 Å². The van der Waals surface area contributed by atoms with Gasteiger partial charge in [0.15, 0.2) is 23.2 Å². The van der Waals surface area contributed by atoms with Crippen molar-refractivity contribution >= 4 is 24.8 Å². The van der Waals surface area contributed by atoms with E-state index >= 15 is 0 Å². The van der Waals surface area contributed by atoms with E-state index in [4.69, 9.17) is 20.3 Å². The molecule has 0 saturated carbocycles. The van der Waals surface area contributed by atoms with Crippen LogP contribution in [0.3, 0.4) is 0 Å². The van der Waals surface area contributed by atoms with Crippen LogP contribution in [0.1, 0.15) is 6.23 Å². The molecule has 1 fully saturated rings. The Morgan fingerprint density at radius 2 is 2.09 bits per heavy atom. The lowest BCUT2D eigenvalue weighted by atomic mass is 10.1. The van der Waals surface area contributed by atoms with E-state index in [-0.39, 0.29) is 17.0 Å². The van der Waals surface area contributed by atoms with Crippen LogP contribution in [0.25, 0.3) is 11.2 Å². The van der Waals surface area contributed by atoms with Crippen LogP contribution in [0.2, 0.25) is 0 Å². The molecule has 13 nitrogen and oxygen atoms in total. The van der Waals surface area contributed by atoms with Crippen molar-refractivity contribution in [1.29, 1.82) is 0 Å². The van der Waals surface area contributed by atoms with E-state index in [9.17, 15) is 14.8 Å². The number of aliphatic hydroxyl groups excluding tert-OH is 2. The van der Waals surface area contributed by atoms with Crippen molar-refractivity contribution in [2.75, 3.05) is 12.3 Å². The van der Waals surface area contributed by atoms with Crippen molar-refractivity contribution in [2.24, 2.45) is 0 Å². The number of anilines is 1. The van der Waals surface area contributed by atoms with Crippen LogP contribution in [-0.4, -0.2) is 69.9 Å². The van der Waals surface area contributed by atoms with E-state index in [1.54, 1.807) is 0 Å². The Morgan fingerprint density at radius 3 is 2.78 bits per heavy atom. The van der Waals surface area contributed by atoms with Gasteiger partial charge in [0.1, 0.15) is 18.3 Å². The molecule has 0 amide bonds. The van der Waals surface area contributed by atoms with Gasteiger partial charge in [-0.2, -0.15) is 0 Å². The number of phosphoric ester groups is 1. The summed E-state index contributed by atoms with van der Waals surface area (Å²) in [7, 11) is -4.73. The standard InChI is InChI=1S/C9H13N6O7P/c10-7-4-8(13-14-12-7)15(2-11-4)9-6(17)5(16)3(22-9)1-21-23(18,19)20/h2-3,5-6,9,16-17H,1H2,(H2,10,12,13)(H2,18,19,20)/t3-,5-,6-,9-/m1/s1. The first kappa shape index (κ1) is 16.1. The first-order valence-electron chi connectivity index (χ1n) is 6.31. The minimum Gasteiger partial charge on any atom is -0.387 e. The number of aliphatic hydroxyl groups is 2. The van der Waals surface area contributed by atoms with Gasteiger partial charge >= 0.3 is 7.82 Å². The van der Waals surface area contributed by atoms with Gasteiger partial charge in [-0.15, -0.1) is 10.2 Å². The number of fused-ring (bicyclic) bond motifs is 1. The zero-order chi connectivity index (χ0) is 16.8. The molecule has 126 valence electrons. The number of nitrogens with zero attached hydrogens (tertiary/aromatic N) is 5. The third-order valence-corrected chi connectivity index (χ3v) is 3.81. The summed E-state index contributed by atoms with van der Waals surface area (Å²) >= 11 is 0. The predicted octanol–water partition coefficient (Wildman–Crippen LogP) is -2.47. The first-order valence-corrected chi connectivity index (χ1v) is 7.84. The Bertz CT molecular complexity index is 764. The van der Waals surface area contributed by atoms with Gasteiger partial charge in [0.25, 0.3) is 0 Å². The Hall–Kier alpha value is -1.73. The van der Waals surface area contributed by atoms with Crippen LogP contribution in [0.15, 0.2) is 6.33 Å². The summed E-state index contributed by atoms with van der Waals surface area (Å²) in [5.74, 6) is 0.0307. The molecule has 6 N–H and O–H groups in total. The van der Waals surface area contributed by atoms with Crippen LogP contribution in [-0.2, 0) is 13.8 Å². The predicted molar refractivity (Wildman–Crippen MR) is 71.5 cm³/mol. The number of phosphoric acid groups is 1. The largest absolute Gasteiger partial charge is 0.469 e. The van der Waals surface area contributed by atoms with Gasteiger partial charge in [0.2, 0.25) is 0 Å². The highest BCUT2D eigenvalue weighted by Crippen LogP contribution is 2.38. The minimum atomic E-state index is -4.73. The average Bonchev–Trinajstić information content (AvgIpc) is 3.01. The van der Waals surface area contributed by atoms with Crippen molar-refractivity contribution in [3.63, 3.8) is 0 Å². The van der Waals surface area contributed by atoms with Crippen molar-refractivity contribution in [2.45, 2.75) is 24.5 Å². The SMILES string of the molecule is Nc1nnnc2c1ncn2[C@@H]1O[C@H](COP(=O)(O)O)[C@@H](O)[C@H]1O. The van der Waals surface area contributed by atoms with E-state index in [2.05, 4.69) is 24.9 Å². The van der Waals surface area contributed by atoms with Gasteiger partial charge in [-0.25, -0.2) is 9.55 Å². The summed E-state index contributed by atoms with van der Waals surface area (Å²) in [6.45, 7) is -0.610. The molecule has 1 aliphatic rings. The second-order valence-electron chi connectivity index (χ2n) is 4.83. The molecule has 0 aromatic carbocycles. The zero-order valence-electron chi connectivity index (χ0n) is 11.4. The number of hydrogen-bond acceptors (Lipinski definition) is 10. The maximum absolute atomic E-state index is 10.7. The molecular formula is C9H13N6O7P. The smallest absolute Gasteiger partial charge is 0.387 e. The normalized spacial score (nSPS) is 28.5. The Labute approximate surface area is 127 Å². The molecule has 0 radical (unpaired) electrons. The molecule has 0 bridgehead atoms. The summed E-state index contributed by atoms with van der Waals surface area (Å²) < 4.78 is 21.7. The van der Waals surface area contributed by atoms with Crippen LogP contribution in [0, 0.1) is 0 Å². The monoisotopic (exact) mass is 348 g/mol. The fraction of sp³-hybridized carbons (Fsp3) is 0.556. The fourth-order valence-electron chi connectivity index (χ4n) is 2.25. The molecule has 14 heteroatoms. The van der Waals surface area contributed by atoms with Gasteiger partial charge < -0.3 is 30.5 Å².